The summed E-state index contributed by atoms with van der Waals surface area (Å²) in [6.45, 7) is 0. The molecule has 0 aromatic heterocycles. The van der Waals surface area contributed by atoms with Crippen LogP contribution in [0.5, 0.6) is 0 Å². The van der Waals surface area contributed by atoms with Gasteiger partial charge >= 0.3 is 18.1 Å². The first-order chi connectivity index (χ1) is 9.25. The zero-order chi connectivity index (χ0) is 15.3. The number of ether oxygens (including phenoxy) is 1. The van der Waals surface area contributed by atoms with Gasteiger partial charge in [0, 0.05) is 0 Å². The molecule has 0 aliphatic rings. The number of alkyl halides is 3. The highest BCUT2D eigenvalue weighted by Gasteiger charge is 2.31. The number of carbonyl (C=O) groups is 2. The average Bonchev–Trinajstić information content (AvgIpc) is 2.37. The van der Waals surface area contributed by atoms with Crippen molar-refractivity contribution in [2.75, 3.05) is 7.11 Å². The number of hydrogen-bond acceptors (Lipinski definition) is 3. The number of hydrogen-bond donors (Lipinski definition) is 1. The summed E-state index contributed by atoms with van der Waals surface area (Å²) in [6.07, 6.45) is -2.13. The van der Waals surface area contributed by atoms with Crippen LogP contribution in [0.3, 0.4) is 0 Å². The van der Waals surface area contributed by atoms with Crippen LogP contribution in [0, 0.1) is 0 Å². The van der Waals surface area contributed by atoms with E-state index >= 15 is 0 Å². The van der Waals surface area contributed by atoms with Crippen molar-refractivity contribution < 1.29 is 32.6 Å². The highest BCUT2D eigenvalue weighted by Crippen LogP contribution is 2.30. The minimum absolute atomic E-state index is 0.0782. The van der Waals surface area contributed by atoms with E-state index in [2.05, 4.69) is 4.74 Å². The number of benzene rings is 1. The van der Waals surface area contributed by atoms with E-state index in [0.717, 1.165) is 12.1 Å². The predicted molar refractivity (Wildman–Crippen MR) is 64.1 cm³/mol. The lowest BCUT2D eigenvalue weighted by molar-refractivity contribution is -0.139. The van der Waals surface area contributed by atoms with Gasteiger partial charge < -0.3 is 9.84 Å². The third kappa shape index (κ3) is 4.11. The molecule has 0 saturated heterocycles. The summed E-state index contributed by atoms with van der Waals surface area (Å²) in [5.41, 5.74) is -1.45. The van der Waals surface area contributed by atoms with Gasteiger partial charge in [-0.2, -0.15) is 13.2 Å². The van der Waals surface area contributed by atoms with Gasteiger partial charge in [0.15, 0.2) is 0 Å². The fourth-order valence-electron chi connectivity index (χ4n) is 1.43. The summed E-state index contributed by atoms with van der Waals surface area (Å²) in [5.74, 6) is -2.01. The SMILES string of the molecule is COC(=O)CC=Cc1ccc(C(F)(F)F)cc1C(=O)O. The molecule has 0 saturated carbocycles. The highest BCUT2D eigenvalue weighted by molar-refractivity contribution is 5.92. The van der Waals surface area contributed by atoms with Gasteiger partial charge in [-0.3, -0.25) is 4.79 Å². The first kappa shape index (κ1) is 15.7. The van der Waals surface area contributed by atoms with E-state index < -0.39 is 29.2 Å². The van der Waals surface area contributed by atoms with Gasteiger partial charge in [0.1, 0.15) is 0 Å². The molecular formula is C13H11F3O4. The quantitative estimate of drug-likeness (QED) is 0.865. The molecule has 0 aliphatic heterocycles. The van der Waals surface area contributed by atoms with E-state index in [1.165, 1.54) is 19.3 Å². The molecular weight excluding hydrogens is 277 g/mol. The van der Waals surface area contributed by atoms with E-state index in [1.807, 2.05) is 0 Å². The van der Waals surface area contributed by atoms with Crippen LogP contribution in [0.4, 0.5) is 13.2 Å². The van der Waals surface area contributed by atoms with Crippen molar-refractivity contribution in [1.29, 1.82) is 0 Å². The summed E-state index contributed by atoms with van der Waals surface area (Å²) < 4.78 is 41.9. The Kier molecular flexibility index (Phi) is 4.90. The van der Waals surface area contributed by atoms with Gasteiger partial charge in [0.05, 0.1) is 24.7 Å². The summed E-state index contributed by atoms with van der Waals surface area (Å²) in [4.78, 5) is 21.8. The normalized spacial score (nSPS) is 11.6. The third-order valence-corrected chi connectivity index (χ3v) is 2.42. The Morgan fingerprint density at radius 2 is 2.00 bits per heavy atom. The van der Waals surface area contributed by atoms with E-state index in [-0.39, 0.29) is 12.0 Å². The number of aromatic carboxylic acids is 1. The number of methoxy groups -OCH3 is 1. The standard InChI is InChI=1S/C13H11F3O4/c1-20-11(17)4-2-3-8-5-6-9(13(14,15)16)7-10(8)12(18)19/h2-3,5-7H,4H2,1H3,(H,18,19). The highest BCUT2D eigenvalue weighted by atomic mass is 19.4. The van der Waals surface area contributed by atoms with Crippen LogP contribution in [0.1, 0.15) is 27.9 Å². The summed E-state index contributed by atoms with van der Waals surface area (Å²) >= 11 is 0. The second kappa shape index (κ2) is 6.23. The van der Waals surface area contributed by atoms with Crippen molar-refractivity contribution in [2.45, 2.75) is 12.6 Å². The van der Waals surface area contributed by atoms with Crippen molar-refractivity contribution in [2.24, 2.45) is 0 Å². The molecule has 4 nitrogen and oxygen atoms in total. The van der Waals surface area contributed by atoms with E-state index in [1.54, 1.807) is 0 Å². The van der Waals surface area contributed by atoms with E-state index in [4.69, 9.17) is 5.11 Å². The maximum Gasteiger partial charge on any atom is 0.416 e. The molecule has 0 spiro atoms. The molecule has 0 heterocycles. The zero-order valence-electron chi connectivity index (χ0n) is 10.4. The topological polar surface area (TPSA) is 63.6 Å². The van der Waals surface area contributed by atoms with Gasteiger partial charge in [-0.15, -0.1) is 0 Å². The maximum atomic E-state index is 12.5. The number of esters is 1. The van der Waals surface area contributed by atoms with E-state index in [9.17, 15) is 22.8 Å². The van der Waals surface area contributed by atoms with Crippen LogP contribution in [-0.2, 0) is 15.7 Å². The minimum atomic E-state index is -4.61. The maximum absolute atomic E-state index is 12.5. The van der Waals surface area contributed by atoms with Gasteiger partial charge in [-0.05, 0) is 17.7 Å². The summed E-state index contributed by atoms with van der Waals surface area (Å²) in [6, 6.07) is 2.38. The smallest absolute Gasteiger partial charge is 0.416 e. The van der Waals surface area contributed by atoms with Gasteiger partial charge in [-0.25, -0.2) is 4.79 Å². The summed E-state index contributed by atoms with van der Waals surface area (Å²) in [5, 5.41) is 8.92. The Hall–Kier alpha value is -2.31. The van der Waals surface area contributed by atoms with Gasteiger partial charge in [0.2, 0.25) is 0 Å². The lowest BCUT2D eigenvalue weighted by Gasteiger charge is -2.09. The van der Waals surface area contributed by atoms with Crippen molar-refractivity contribution in [1.82, 2.24) is 0 Å². The van der Waals surface area contributed by atoms with Crippen LogP contribution < -0.4 is 0 Å². The molecule has 0 aliphatic carbocycles. The lowest BCUT2D eigenvalue weighted by Crippen LogP contribution is -2.08. The second-order valence-electron chi connectivity index (χ2n) is 3.79. The molecule has 0 radical (unpaired) electrons. The first-order valence-electron chi connectivity index (χ1n) is 5.43. The van der Waals surface area contributed by atoms with Crippen molar-refractivity contribution >= 4 is 18.0 Å². The first-order valence-corrected chi connectivity index (χ1v) is 5.43. The third-order valence-electron chi connectivity index (χ3n) is 2.42. The Morgan fingerprint density at radius 3 is 2.50 bits per heavy atom. The molecule has 0 unspecified atom stereocenters. The summed E-state index contributed by atoms with van der Waals surface area (Å²) in [7, 11) is 1.19. The van der Waals surface area contributed by atoms with Crippen molar-refractivity contribution in [3.05, 3.63) is 41.0 Å². The lowest BCUT2D eigenvalue weighted by atomic mass is 10.0. The molecule has 0 fully saturated rings. The Labute approximate surface area is 112 Å². The molecule has 0 amide bonds. The number of carboxylic acids is 1. The van der Waals surface area contributed by atoms with Crippen LogP contribution in [-0.4, -0.2) is 24.2 Å². The fourth-order valence-corrected chi connectivity index (χ4v) is 1.43. The Balaban J connectivity index is 3.08. The molecule has 1 N–H and O–H groups in total. The number of halogens is 3. The predicted octanol–water partition coefficient (Wildman–Crippen LogP) is 2.98. The molecule has 1 aromatic carbocycles. The molecule has 1 rings (SSSR count). The fraction of sp³-hybridized carbons (Fsp3) is 0.231. The zero-order valence-corrected chi connectivity index (χ0v) is 10.4. The van der Waals surface area contributed by atoms with Crippen LogP contribution >= 0.6 is 0 Å². The molecule has 7 heteroatoms. The molecule has 20 heavy (non-hydrogen) atoms. The monoisotopic (exact) mass is 288 g/mol. The average molecular weight is 288 g/mol. The molecule has 108 valence electrons. The number of carboxylic acid groups (broad SMARTS) is 1. The minimum Gasteiger partial charge on any atom is -0.478 e. The van der Waals surface area contributed by atoms with Crippen molar-refractivity contribution in [3.8, 4) is 0 Å². The molecule has 0 bridgehead atoms. The number of rotatable bonds is 4. The van der Waals surface area contributed by atoms with Crippen LogP contribution in [0.15, 0.2) is 24.3 Å². The second-order valence-corrected chi connectivity index (χ2v) is 3.79. The van der Waals surface area contributed by atoms with Gasteiger partial charge in [-0.1, -0.05) is 18.2 Å². The van der Waals surface area contributed by atoms with Crippen molar-refractivity contribution in [3.63, 3.8) is 0 Å². The largest absolute Gasteiger partial charge is 0.478 e. The Bertz CT molecular complexity index is 547. The van der Waals surface area contributed by atoms with Crippen LogP contribution in [0.2, 0.25) is 0 Å². The number of carbonyl (C=O) groups excluding carboxylic acids is 1. The Morgan fingerprint density at radius 1 is 1.35 bits per heavy atom. The van der Waals surface area contributed by atoms with E-state index in [0.29, 0.717) is 6.07 Å². The van der Waals surface area contributed by atoms with Gasteiger partial charge in [0.25, 0.3) is 0 Å². The molecule has 1 aromatic rings. The molecule has 0 atom stereocenters. The van der Waals surface area contributed by atoms with Crippen LogP contribution in [0.25, 0.3) is 6.08 Å².